The minimum atomic E-state index is -1.21. The van der Waals surface area contributed by atoms with E-state index in [-0.39, 0.29) is 13.1 Å². The standard InChI is InChI=1S/C15H19N3O8/c19-12(20)6-17(7-13(21)22)4-10-2-1-3-16-11(10)5-18(8-14(23)24)9-15(25)26/h1-3H,4-9H2,(H,19,20)(H,21,22)(H,23,24)(H,25,26). The fraction of sp³-hybridized carbons (Fsp3) is 0.400. The Balaban J connectivity index is 2.99. The van der Waals surface area contributed by atoms with Crippen LogP contribution in [-0.2, 0) is 32.3 Å². The van der Waals surface area contributed by atoms with E-state index in [4.69, 9.17) is 20.4 Å². The highest BCUT2D eigenvalue weighted by Crippen LogP contribution is 2.12. The zero-order valence-electron chi connectivity index (χ0n) is 13.7. The molecule has 142 valence electrons. The van der Waals surface area contributed by atoms with Crippen molar-refractivity contribution >= 4 is 23.9 Å². The summed E-state index contributed by atoms with van der Waals surface area (Å²) in [7, 11) is 0. The van der Waals surface area contributed by atoms with Crippen molar-refractivity contribution in [1.82, 2.24) is 14.8 Å². The van der Waals surface area contributed by atoms with Gasteiger partial charge in [0.15, 0.2) is 0 Å². The number of aromatic nitrogens is 1. The zero-order chi connectivity index (χ0) is 19.7. The number of hydrogen-bond acceptors (Lipinski definition) is 7. The molecule has 0 aliphatic rings. The smallest absolute Gasteiger partial charge is 0.317 e. The van der Waals surface area contributed by atoms with Crippen molar-refractivity contribution < 1.29 is 39.6 Å². The van der Waals surface area contributed by atoms with Gasteiger partial charge in [-0.15, -0.1) is 0 Å². The first-order chi connectivity index (χ1) is 12.2. The number of carbonyl (C=O) groups is 4. The van der Waals surface area contributed by atoms with Crippen LogP contribution in [0, 0.1) is 0 Å². The summed E-state index contributed by atoms with van der Waals surface area (Å²) in [5.74, 6) is -4.81. The lowest BCUT2D eigenvalue weighted by molar-refractivity contribution is -0.144. The van der Waals surface area contributed by atoms with Crippen LogP contribution in [0.2, 0.25) is 0 Å². The lowest BCUT2D eigenvalue weighted by Gasteiger charge is -2.22. The summed E-state index contributed by atoms with van der Waals surface area (Å²) in [5, 5.41) is 35.6. The van der Waals surface area contributed by atoms with Gasteiger partial charge in [-0.25, -0.2) is 0 Å². The Bertz CT molecular complexity index is 590. The average Bonchev–Trinajstić information content (AvgIpc) is 2.46. The molecule has 11 heteroatoms. The van der Waals surface area contributed by atoms with Crippen LogP contribution in [0.15, 0.2) is 18.3 Å². The lowest BCUT2D eigenvalue weighted by Crippen LogP contribution is -2.36. The summed E-state index contributed by atoms with van der Waals surface area (Å²) in [4.78, 5) is 50.0. The molecule has 1 aromatic heterocycles. The van der Waals surface area contributed by atoms with E-state index in [1.165, 1.54) is 11.1 Å². The highest BCUT2D eigenvalue weighted by Gasteiger charge is 2.19. The number of hydrogen-bond donors (Lipinski definition) is 4. The predicted octanol–water partition coefficient (Wildman–Crippen LogP) is -0.976. The molecule has 4 N–H and O–H groups in total. The molecule has 1 heterocycles. The Kier molecular flexibility index (Phi) is 8.12. The molecule has 0 saturated carbocycles. The van der Waals surface area contributed by atoms with Gasteiger partial charge in [0.2, 0.25) is 0 Å². The number of nitrogens with zero attached hydrogens (tertiary/aromatic N) is 3. The summed E-state index contributed by atoms with van der Waals surface area (Å²) in [6, 6.07) is 3.16. The first-order valence-electron chi connectivity index (χ1n) is 7.42. The molecule has 0 fully saturated rings. The molecule has 0 amide bonds. The molecule has 0 aromatic carbocycles. The van der Waals surface area contributed by atoms with Crippen molar-refractivity contribution in [3.8, 4) is 0 Å². The third-order valence-corrected chi connectivity index (χ3v) is 3.19. The van der Waals surface area contributed by atoms with Gasteiger partial charge in [-0.05, 0) is 11.6 Å². The minimum absolute atomic E-state index is 0.0459. The van der Waals surface area contributed by atoms with Crippen LogP contribution >= 0.6 is 0 Å². The Hall–Kier alpha value is -3.05. The zero-order valence-corrected chi connectivity index (χ0v) is 13.7. The van der Waals surface area contributed by atoms with E-state index < -0.39 is 50.1 Å². The molecule has 11 nitrogen and oxygen atoms in total. The van der Waals surface area contributed by atoms with E-state index in [1.807, 2.05) is 0 Å². The van der Waals surface area contributed by atoms with Gasteiger partial charge in [-0.2, -0.15) is 0 Å². The quantitative estimate of drug-likeness (QED) is 0.357. The fourth-order valence-corrected chi connectivity index (χ4v) is 2.31. The van der Waals surface area contributed by atoms with Crippen molar-refractivity contribution in [3.05, 3.63) is 29.6 Å². The van der Waals surface area contributed by atoms with E-state index >= 15 is 0 Å². The van der Waals surface area contributed by atoms with Gasteiger partial charge in [0.1, 0.15) is 0 Å². The van der Waals surface area contributed by atoms with Gasteiger partial charge in [0, 0.05) is 19.3 Å². The molecular weight excluding hydrogens is 350 g/mol. The second kappa shape index (κ2) is 10.1. The molecule has 0 aliphatic heterocycles. The molecule has 26 heavy (non-hydrogen) atoms. The maximum absolute atomic E-state index is 10.9. The van der Waals surface area contributed by atoms with Crippen molar-refractivity contribution in [3.63, 3.8) is 0 Å². The molecule has 0 bridgehead atoms. The fourth-order valence-electron chi connectivity index (χ4n) is 2.31. The van der Waals surface area contributed by atoms with Crippen molar-refractivity contribution in [2.45, 2.75) is 13.1 Å². The Morgan fingerprint density at radius 2 is 1.19 bits per heavy atom. The highest BCUT2D eigenvalue weighted by atomic mass is 16.4. The van der Waals surface area contributed by atoms with Gasteiger partial charge in [-0.3, -0.25) is 34.0 Å². The molecule has 0 saturated heterocycles. The van der Waals surface area contributed by atoms with Crippen LogP contribution < -0.4 is 0 Å². The topological polar surface area (TPSA) is 169 Å². The number of aliphatic carboxylic acids is 4. The summed E-state index contributed by atoms with van der Waals surface area (Å²) in [6.45, 7) is -2.19. The van der Waals surface area contributed by atoms with Gasteiger partial charge >= 0.3 is 23.9 Å². The van der Waals surface area contributed by atoms with E-state index in [0.717, 1.165) is 4.90 Å². The third kappa shape index (κ3) is 8.17. The molecular formula is C15H19N3O8. The molecule has 1 aromatic rings. The molecule has 0 aliphatic carbocycles. The van der Waals surface area contributed by atoms with Crippen LogP contribution in [-0.4, -0.2) is 85.3 Å². The molecule has 0 unspecified atom stereocenters. The van der Waals surface area contributed by atoms with E-state index in [1.54, 1.807) is 12.1 Å². The van der Waals surface area contributed by atoms with Crippen molar-refractivity contribution in [2.24, 2.45) is 0 Å². The number of rotatable bonds is 12. The van der Waals surface area contributed by atoms with Crippen molar-refractivity contribution in [1.29, 1.82) is 0 Å². The maximum atomic E-state index is 10.9. The lowest BCUT2D eigenvalue weighted by atomic mass is 10.1. The maximum Gasteiger partial charge on any atom is 0.317 e. The van der Waals surface area contributed by atoms with E-state index in [9.17, 15) is 19.2 Å². The largest absolute Gasteiger partial charge is 0.480 e. The first-order valence-corrected chi connectivity index (χ1v) is 7.42. The van der Waals surface area contributed by atoms with Crippen molar-refractivity contribution in [2.75, 3.05) is 26.2 Å². The third-order valence-electron chi connectivity index (χ3n) is 3.19. The van der Waals surface area contributed by atoms with Gasteiger partial charge in [0.25, 0.3) is 0 Å². The van der Waals surface area contributed by atoms with Gasteiger partial charge < -0.3 is 20.4 Å². The molecule has 1 rings (SSSR count). The summed E-state index contributed by atoms with van der Waals surface area (Å²) in [5.41, 5.74) is 0.826. The highest BCUT2D eigenvalue weighted by molar-refractivity contribution is 5.73. The van der Waals surface area contributed by atoms with Crippen LogP contribution in [0.3, 0.4) is 0 Å². The predicted molar refractivity (Wildman–Crippen MR) is 85.3 cm³/mol. The first kappa shape index (κ1) is 21.0. The van der Waals surface area contributed by atoms with Gasteiger partial charge in [-0.1, -0.05) is 6.07 Å². The Labute approximate surface area is 148 Å². The van der Waals surface area contributed by atoms with E-state index in [2.05, 4.69) is 4.98 Å². The number of carboxylic acid groups (broad SMARTS) is 4. The average molecular weight is 369 g/mol. The minimum Gasteiger partial charge on any atom is -0.480 e. The molecule has 0 radical (unpaired) electrons. The van der Waals surface area contributed by atoms with E-state index in [0.29, 0.717) is 11.3 Å². The molecule has 0 spiro atoms. The second-order valence-electron chi connectivity index (χ2n) is 5.47. The second-order valence-corrected chi connectivity index (χ2v) is 5.47. The summed E-state index contributed by atoms with van der Waals surface area (Å²) in [6.07, 6.45) is 1.43. The van der Waals surface area contributed by atoms with Crippen LogP contribution in [0.1, 0.15) is 11.3 Å². The normalized spacial score (nSPS) is 10.8. The van der Waals surface area contributed by atoms with Gasteiger partial charge in [0.05, 0.1) is 31.9 Å². The SMILES string of the molecule is O=C(O)CN(CC(=O)O)Cc1cccnc1CN(CC(=O)O)CC(=O)O. The Morgan fingerprint density at radius 3 is 1.62 bits per heavy atom. The Morgan fingerprint density at radius 1 is 0.769 bits per heavy atom. The van der Waals surface area contributed by atoms with Crippen LogP contribution in [0.25, 0.3) is 0 Å². The molecule has 0 atom stereocenters. The van der Waals surface area contributed by atoms with Crippen LogP contribution in [0.4, 0.5) is 0 Å². The number of carboxylic acids is 4. The summed E-state index contributed by atoms with van der Waals surface area (Å²) < 4.78 is 0. The summed E-state index contributed by atoms with van der Waals surface area (Å²) >= 11 is 0. The van der Waals surface area contributed by atoms with Crippen LogP contribution in [0.5, 0.6) is 0 Å². The number of pyridine rings is 1. The monoisotopic (exact) mass is 369 g/mol.